The number of carboxylic acids is 1. The van der Waals surface area contributed by atoms with Gasteiger partial charge in [-0.1, -0.05) is 15.9 Å². The van der Waals surface area contributed by atoms with Crippen molar-refractivity contribution >= 4 is 33.8 Å². The summed E-state index contributed by atoms with van der Waals surface area (Å²) in [5.74, 6) is -2.57. The van der Waals surface area contributed by atoms with Gasteiger partial charge in [-0.05, 0) is 24.3 Å². The molecule has 1 aromatic carbocycles. The first-order valence-electron chi connectivity index (χ1n) is 5.30. The molecule has 0 fully saturated rings. The molecule has 19 heavy (non-hydrogen) atoms. The van der Waals surface area contributed by atoms with Gasteiger partial charge in [0.25, 0.3) is 5.91 Å². The lowest BCUT2D eigenvalue weighted by Gasteiger charge is -2.13. The Morgan fingerprint density at radius 1 is 1.32 bits per heavy atom. The van der Waals surface area contributed by atoms with Crippen molar-refractivity contribution in [1.82, 2.24) is 5.32 Å². The van der Waals surface area contributed by atoms with Gasteiger partial charge in [0.2, 0.25) is 0 Å². The molecule has 6 nitrogen and oxygen atoms in total. The van der Waals surface area contributed by atoms with Gasteiger partial charge in [-0.25, -0.2) is 4.79 Å². The van der Waals surface area contributed by atoms with Gasteiger partial charge in [-0.15, -0.1) is 0 Å². The first-order valence-corrected chi connectivity index (χ1v) is 6.09. The number of amides is 1. The van der Waals surface area contributed by atoms with E-state index in [4.69, 9.17) is 5.11 Å². The fraction of sp³-hybridized carbons (Fsp3) is 0.250. The molecule has 1 rings (SSSR count). The predicted molar refractivity (Wildman–Crippen MR) is 69.7 cm³/mol. The molecule has 102 valence electrons. The van der Waals surface area contributed by atoms with Gasteiger partial charge < -0.3 is 15.2 Å². The summed E-state index contributed by atoms with van der Waals surface area (Å²) in [5, 5.41) is 11.2. The fourth-order valence-electron chi connectivity index (χ4n) is 1.29. The highest BCUT2D eigenvalue weighted by molar-refractivity contribution is 9.10. The fourth-order valence-corrected chi connectivity index (χ4v) is 1.56. The van der Waals surface area contributed by atoms with Crippen molar-refractivity contribution in [2.45, 2.75) is 12.5 Å². The summed E-state index contributed by atoms with van der Waals surface area (Å²) >= 11 is 3.22. The van der Waals surface area contributed by atoms with Crippen molar-refractivity contribution < 1.29 is 24.2 Å². The Bertz CT molecular complexity index is 485. The summed E-state index contributed by atoms with van der Waals surface area (Å²) < 4.78 is 5.17. The van der Waals surface area contributed by atoms with Gasteiger partial charge in [-0.2, -0.15) is 0 Å². The molecule has 0 radical (unpaired) electrons. The molecule has 2 N–H and O–H groups in total. The molecule has 0 bridgehead atoms. The zero-order valence-corrected chi connectivity index (χ0v) is 11.6. The quantitative estimate of drug-likeness (QED) is 0.792. The number of benzene rings is 1. The molecule has 0 saturated heterocycles. The largest absolute Gasteiger partial charge is 0.480 e. The predicted octanol–water partition coefficient (Wildman–Crippen LogP) is 1.20. The van der Waals surface area contributed by atoms with Crippen molar-refractivity contribution in [2.24, 2.45) is 0 Å². The smallest absolute Gasteiger partial charge is 0.326 e. The van der Waals surface area contributed by atoms with E-state index in [1.165, 1.54) is 12.1 Å². The van der Waals surface area contributed by atoms with E-state index in [2.05, 4.69) is 26.0 Å². The molecule has 0 aliphatic rings. The lowest BCUT2D eigenvalue weighted by molar-refractivity contribution is -0.147. The summed E-state index contributed by atoms with van der Waals surface area (Å²) in [6.45, 7) is 0. The van der Waals surface area contributed by atoms with E-state index in [1.807, 2.05) is 0 Å². The van der Waals surface area contributed by atoms with Crippen molar-refractivity contribution in [3.63, 3.8) is 0 Å². The van der Waals surface area contributed by atoms with E-state index in [1.54, 1.807) is 12.1 Å². The van der Waals surface area contributed by atoms with Crippen LogP contribution in [0.25, 0.3) is 0 Å². The monoisotopic (exact) mass is 329 g/mol. The van der Waals surface area contributed by atoms with Gasteiger partial charge in [0.15, 0.2) is 0 Å². The summed E-state index contributed by atoms with van der Waals surface area (Å²) in [4.78, 5) is 33.8. The van der Waals surface area contributed by atoms with Crippen molar-refractivity contribution in [3.05, 3.63) is 34.3 Å². The number of esters is 1. The third-order valence-electron chi connectivity index (χ3n) is 2.31. The van der Waals surface area contributed by atoms with Gasteiger partial charge in [-0.3, -0.25) is 9.59 Å². The van der Waals surface area contributed by atoms with E-state index in [9.17, 15) is 14.4 Å². The van der Waals surface area contributed by atoms with Crippen LogP contribution in [0.5, 0.6) is 0 Å². The molecule has 1 atom stereocenters. The average Bonchev–Trinajstić information content (AvgIpc) is 2.38. The molecular weight excluding hydrogens is 318 g/mol. The number of hydrogen-bond acceptors (Lipinski definition) is 4. The normalized spacial score (nSPS) is 11.5. The SMILES string of the molecule is COC(=O)C[C@H](NC(=O)c1ccc(Br)cc1)C(=O)O. The highest BCUT2D eigenvalue weighted by atomic mass is 79.9. The second-order valence-electron chi connectivity index (χ2n) is 3.65. The van der Waals surface area contributed by atoms with Gasteiger partial charge in [0, 0.05) is 10.0 Å². The summed E-state index contributed by atoms with van der Waals surface area (Å²) in [6, 6.07) is 5.08. The summed E-state index contributed by atoms with van der Waals surface area (Å²) in [6.07, 6.45) is -0.423. The number of rotatable bonds is 5. The number of hydrogen-bond donors (Lipinski definition) is 2. The van der Waals surface area contributed by atoms with Crippen LogP contribution in [0.1, 0.15) is 16.8 Å². The molecule has 1 amide bonds. The highest BCUT2D eigenvalue weighted by Crippen LogP contribution is 2.10. The third-order valence-corrected chi connectivity index (χ3v) is 2.84. The molecule has 0 aliphatic carbocycles. The number of carbonyl (C=O) groups is 3. The number of ether oxygens (including phenoxy) is 1. The number of halogens is 1. The van der Waals surface area contributed by atoms with E-state index in [0.29, 0.717) is 5.56 Å². The maximum Gasteiger partial charge on any atom is 0.326 e. The minimum Gasteiger partial charge on any atom is -0.480 e. The molecule has 1 aromatic rings. The van der Waals surface area contributed by atoms with E-state index in [-0.39, 0.29) is 0 Å². The Morgan fingerprint density at radius 3 is 2.37 bits per heavy atom. The molecule has 0 heterocycles. The maximum atomic E-state index is 11.8. The zero-order chi connectivity index (χ0) is 14.4. The van der Waals surface area contributed by atoms with Gasteiger partial charge in [0.1, 0.15) is 6.04 Å². The van der Waals surface area contributed by atoms with E-state index < -0.39 is 30.3 Å². The number of carbonyl (C=O) groups excluding carboxylic acids is 2. The van der Waals surface area contributed by atoms with Gasteiger partial charge in [0.05, 0.1) is 13.5 Å². The minimum atomic E-state index is -1.32. The van der Waals surface area contributed by atoms with Crippen LogP contribution < -0.4 is 5.32 Å². The van der Waals surface area contributed by atoms with Crippen LogP contribution in [0.15, 0.2) is 28.7 Å². The molecule has 7 heteroatoms. The van der Waals surface area contributed by atoms with Gasteiger partial charge >= 0.3 is 11.9 Å². The minimum absolute atomic E-state index is 0.305. The maximum absolute atomic E-state index is 11.8. The molecule has 0 spiro atoms. The zero-order valence-electron chi connectivity index (χ0n) is 10.1. The molecule has 0 saturated carbocycles. The summed E-state index contributed by atoms with van der Waals surface area (Å²) in [5.41, 5.74) is 0.305. The lowest BCUT2D eigenvalue weighted by Crippen LogP contribution is -2.42. The number of methoxy groups -OCH3 is 1. The Hall–Kier alpha value is -1.89. The second kappa shape index (κ2) is 6.89. The van der Waals surface area contributed by atoms with Crippen LogP contribution in [0, 0.1) is 0 Å². The molecule has 0 aromatic heterocycles. The standard InChI is InChI=1S/C12H12BrNO5/c1-19-10(15)6-9(12(17)18)14-11(16)7-2-4-8(13)5-3-7/h2-5,9H,6H2,1H3,(H,14,16)(H,17,18)/t9-/m0/s1. The van der Waals surface area contributed by atoms with E-state index >= 15 is 0 Å². The first-order chi connectivity index (χ1) is 8.93. The third kappa shape index (κ3) is 4.70. The Morgan fingerprint density at radius 2 is 1.89 bits per heavy atom. The van der Waals surface area contributed by atoms with Crippen molar-refractivity contribution in [2.75, 3.05) is 7.11 Å². The van der Waals surface area contributed by atoms with Crippen LogP contribution in [0.2, 0.25) is 0 Å². The molecular formula is C12H12BrNO5. The van der Waals surface area contributed by atoms with Crippen LogP contribution in [0.3, 0.4) is 0 Å². The van der Waals surface area contributed by atoms with Crippen molar-refractivity contribution in [1.29, 1.82) is 0 Å². The summed E-state index contributed by atoms with van der Waals surface area (Å²) in [7, 11) is 1.15. The second-order valence-corrected chi connectivity index (χ2v) is 4.57. The van der Waals surface area contributed by atoms with E-state index in [0.717, 1.165) is 11.6 Å². The molecule has 0 unspecified atom stereocenters. The van der Waals surface area contributed by atoms with Crippen LogP contribution in [-0.2, 0) is 14.3 Å². The molecule has 0 aliphatic heterocycles. The highest BCUT2D eigenvalue weighted by Gasteiger charge is 2.24. The van der Waals surface area contributed by atoms with Crippen LogP contribution in [0.4, 0.5) is 0 Å². The number of aliphatic carboxylic acids is 1. The Kier molecular flexibility index (Phi) is 5.50. The van der Waals surface area contributed by atoms with Crippen LogP contribution in [-0.4, -0.2) is 36.1 Å². The number of nitrogens with one attached hydrogen (secondary N) is 1. The Labute approximate surface area is 117 Å². The Balaban J connectivity index is 2.73. The average molecular weight is 330 g/mol. The topological polar surface area (TPSA) is 92.7 Å². The number of carboxylic acid groups (broad SMARTS) is 1. The lowest BCUT2D eigenvalue weighted by atomic mass is 10.1. The van der Waals surface area contributed by atoms with Crippen LogP contribution >= 0.6 is 15.9 Å². The van der Waals surface area contributed by atoms with Crippen molar-refractivity contribution in [3.8, 4) is 0 Å². The first kappa shape index (κ1) is 15.2.